The van der Waals surface area contributed by atoms with Gasteiger partial charge in [0.15, 0.2) is 0 Å². The van der Waals surface area contributed by atoms with Crippen molar-refractivity contribution in [3.8, 4) is 0 Å². The second-order valence-corrected chi connectivity index (χ2v) is 7.01. The van der Waals surface area contributed by atoms with Crippen molar-refractivity contribution in [2.24, 2.45) is 0 Å². The van der Waals surface area contributed by atoms with Crippen LogP contribution in [0.4, 0.5) is 0 Å². The van der Waals surface area contributed by atoms with Crippen molar-refractivity contribution >= 4 is 15.9 Å². The first-order valence-corrected chi connectivity index (χ1v) is 8.40. The van der Waals surface area contributed by atoms with E-state index in [9.17, 15) is 8.42 Å². The van der Waals surface area contributed by atoms with E-state index in [0.29, 0.717) is 4.90 Å². The predicted octanol–water partition coefficient (Wildman–Crippen LogP) is 3.58. The summed E-state index contributed by atoms with van der Waals surface area (Å²) >= 11 is 0. The molecule has 0 atom stereocenters. The van der Waals surface area contributed by atoms with E-state index in [4.69, 9.17) is 0 Å². The third-order valence-corrected chi connectivity index (χ3v) is 4.74. The van der Waals surface area contributed by atoms with Gasteiger partial charge in [0.2, 0.25) is 9.84 Å². The molecule has 3 nitrogen and oxygen atoms in total. The van der Waals surface area contributed by atoms with Gasteiger partial charge in [0, 0.05) is 20.3 Å². The monoisotopic (exact) mass is 313 g/mol. The molecule has 0 saturated carbocycles. The maximum Gasteiger partial charge on any atom is 0.208 e. The third kappa shape index (κ3) is 4.09. The Balaban J connectivity index is 2.42. The van der Waals surface area contributed by atoms with Gasteiger partial charge >= 0.3 is 0 Å². The minimum Gasteiger partial charge on any atom is -0.382 e. The molecule has 22 heavy (non-hydrogen) atoms. The topological polar surface area (TPSA) is 37.4 Å². The lowest BCUT2D eigenvalue weighted by molar-refractivity contribution is 0.559. The fourth-order valence-electron chi connectivity index (χ4n) is 1.93. The molecule has 0 saturated heterocycles. The fraction of sp³-hybridized carbons (Fsp3) is 0.111. The predicted molar refractivity (Wildman–Crippen MR) is 90.9 cm³/mol. The first-order valence-electron chi connectivity index (χ1n) is 6.91. The smallest absolute Gasteiger partial charge is 0.208 e. The van der Waals surface area contributed by atoms with Crippen LogP contribution in [-0.4, -0.2) is 27.4 Å². The van der Waals surface area contributed by atoms with Crippen LogP contribution in [0.15, 0.2) is 82.7 Å². The molecule has 0 heterocycles. The van der Waals surface area contributed by atoms with Crippen LogP contribution in [0.1, 0.15) is 5.56 Å². The second-order valence-electron chi connectivity index (χ2n) is 5.06. The Morgan fingerprint density at radius 2 is 1.45 bits per heavy atom. The van der Waals surface area contributed by atoms with Gasteiger partial charge in [-0.1, -0.05) is 54.6 Å². The van der Waals surface area contributed by atoms with Gasteiger partial charge in [0.1, 0.15) is 0 Å². The summed E-state index contributed by atoms with van der Waals surface area (Å²) in [4.78, 5) is 2.28. The highest BCUT2D eigenvalue weighted by Crippen LogP contribution is 2.21. The van der Waals surface area contributed by atoms with Crippen LogP contribution >= 0.6 is 0 Å². The molecule has 0 aliphatic heterocycles. The number of benzene rings is 2. The van der Waals surface area contributed by atoms with Crippen molar-refractivity contribution in [3.63, 3.8) is 0 Å². The van der Waals surface area contributed by atoms with E-state index in [0.717, 1.165) is 5.56 Å². The highest BCUT2D eigenvalue weighted by Gasteiger charge is 2.18. The van der Waals surface area contributed by atoms with Crippen LogP contribution in [0, 0.1) is 0 Å². The zero-order valence-electron chi connectivity index (χ0n) is 12.7. The van der Waals surface area contributed by atoms with Gasteiger partial charge in [-0.2, -0.15) is 0 Å². The lowest BCUT2D eigenvalue weighted by Gasteiger charge is -2.10. The van der Waals surface area contributed by atoms with E-state index in [2.05, 4.69) is 0 Å². The molecule has 4 heteroatoms. The Labute approximate surface area is 132 Å². The first kappa shape index (κ1) is 16.0. The normalized spacial score (nSPS) is 12.5. The van der Waals surface area contributed by atoms with E-state index in [1.54, 1.807) is 67.7 Å². The summed E-state index contributed by atoms with van der Waals surface area (Å²) in [6.45, 7) is 0. The summed E-state index contributed by atoms with van der Waals surface area (Å²) in [5, 5.41) is 0. The van der Waals surface area contributed by atoms with Crippen LogP contribution < -0.4 is 0 Å². The van der Waals surface area contributed by atoms with Gasteiger partial charge in [-0.25, -0.2) is 8.42 Å². The van der Waals surface area contributed by atoms with Crippen LogP contribution in [0.3, 0.4) is 0 Å². The van der Waals surface area contributed by atoms with E-state index < -0.39 is 9.84 Å². The van der Waals surface area contributed by atoms with Gasteiger partial charge in [0.05, 0.1) is 9.80 Å². The summed E-state index contributed by atoms with van der Waals surface area (Å²) in [7, 11) is 0.0713. The van der Waals surface area contributed by atoms with Crippen molar-refractivity contribution in [2.45, 2.75) is 4.90 Å². The average molecular weight is 313 g/mol. The lowest BCUT2D eigenvalue weighted by atomic mass is 10.2. The standard InChI is InChI=1S/C18H19NO2S/c1-19(2)15-18(14-13-16-9-5-3-6-10-16)22(20,21)17-11-7-4-8-12-17/h3-15H,1-2H3/b14-13+,18-15-. The Bertz CT molecular complexity index is 761. The minimum atomic E-state index is -3.53. The molecule has 0 fully saturated rings. The third-order valence-electron chi connectivity index (χ3n) is 2.99. The largest absolute Gasteiger partial charge is 0.382 e. The minimum absolute atomic E-state index is 0.257. The van der Waals surface area contributed by atoms with E-state index in [1.807, 2.05) is 30.3 Å². The Kier molecular flexibility index (Phi) is 5.17. The van der Waals surface area contributed by atoms with Gasteiger partial charge in [-0.15, -0.1) is 0 Å². The lowest BCUT2D eigenvalue weighted by Crippen LogP contribution is -2.09. The van der Waals surface area contributed by atoms with Crippen LogP contribution in [0.25, 0.3) is 6.08 Å². The molecule has 0 aliphatic carbocycles. The number of hydrogen-bond donors (Lipinski definition) is 0. The molecular formula is C18H19NO2S. The first-order chi connectivity index (χ1) is 10.5. The summed E-state index contributed by atoms with van der Waals surface area (Å²) in [6.07, 6.45) is 5.05. The molecule has 0 aliphatic rings. The second kappa shape index (κ2) is 7.09. The SMILES string of the molecule is CN(C)/C=C(/C=C/c1ccccc1)S(=O)(=O)c1ccccc1. The molecule has 0 bridgehead atoms. The summed E-state index contributed by atoms with van der Waals surface area (Å²) in [5.74, 6) is 0. The highest BCUT2D eigenvalue weighted by atomic mass is 32.2. The Hall–Kier alpha value is -2.33. The molecular weight excluding hydrogens is 294 g/mol. The molecule has 0 aromatic heterocycles. The van der Waals surface area contributed by atoms with Crippen molar-refractivity contribution in [1.29, 1.82) is 0 Å². The molecule has 0 N–H and O–H groups in total. The summed E-state index contributed by atoms with van der Waals surface area (Å²) in [6, 6.07) is 18.1. The van der Waals surface area contributed by atoms with Crippen LogP contribution in [0.2, 0.25) is 0 Å². The Morgan fingerprint density at radius 1 is 0.909 bits per heavy atom. The van der Waals surface area contributed by atoms with E-state index in [-0.39, 0.29) is 4.91 Å². The number of allylic oxidation sites excluding steroid dienone is 1. The molecule has 0 spiro atoms. The van der Waals surface area contributed by atoms with Gasteiger partial charge < -0.3 is 4.90 Å². The Morgan fingerprint density at radius 3 is 2.00 bits per heavy atom. The summed E-state index contributed by atoms with van der Waals surface area (Å²) in [5.41, 5.74) is 0.954. The maximum atomic E-state index is 12.7. The van der Waals surface area contributed by atoms with Gasteiger partial charge in [-0.3, -0.25) is 0 Å². The highest BCUT2D eigenvalue weighted by molar-refractivity contribution is 7.95. The van der Waals surface area contributed by atoms with Crippen molar-refractivity contribution < 1.29 is 8.42 Å². The fourth-order valence-corrected chi connectivity index (χ4v) is 3.32. The molecule has 2 rings (SSSR count). The van der Waals surface area contributed by atoms with E-state index in [1.165, 1.54) is 0 Å². The molecule has 0 unspecified atom stereocenters. The number of rotatable bonds is 5. The van der Waals surface area contributed by atoms with Crippen molar-refractivity contribution in [3.05, 3.63) is 83.4 Å². The number of hydrogen-bond acceptors (Lipinski definition) is 3. The molecule has 0 amide bonds. The van der Waals surface area contributed by atoms with Crippen LogP contribution in [-0.2, 0) is 9.84 Å². The average Bonchev–Trinajstić information content (AvgIpc) is 2.53. The van der Waals surface area contributed by atoms with Crippen molar-refractivity contribution in [1.82, 2.24) is 4.90 Å². The molecule has 0 radical (unpaired) electrons. The van der Waals surface area contributed by atoms with Crippen molar-refractivity contribution in [2.75, 3.05) is 14.1 Å². The number of nitrogens with zero attached hydrogens (tertiary/aromatic N) is 1. The van der Waals surface area contributed by atoms with Gasteiger partial charge in [0.25, 0.3) is 0 Å². The van der Waals surface area contributed by atoms with Gasteiger partial charge in [-0.05, 0) is 23.8 Å². The number of sulfone groups is 1. The quantitative estimate of drug-likeness (QED) is 0.792. The zero-order valence-corrected chi connectivity index (χ0v) is 13.5. The molecule has 2 aromatic carbocycles. The zero-order chi connectivity index (χ0) is 16.0. The maximum absolute atomic E-state index is 12.7. The molecule has 2 aromatic rings. The molecule has 114 valence electrons. The van der Waals surface area contributed by atoms with E-state index >= 15 is 0 Å². The summed E-state index contributed by atoms with van der Waals surface area (Å²) < 4.78 is 25.5. The van der Waals surface area contributed by atoms with Crippen LogP contribution in [0.5, 0.6) is 0 Å².